The summed E-state index contributed by atoms with van der Waals surface area (Å²) in [5.74, 6) is 3.22. The van der Waals surface area contributed by atoms with Crippen LogP contribution < -0.4 is 0 Å². The van der Waals surface area contributed by atoms with Crippen LogP contribution in [-0.2, 0) is 11.2 Å². The van der Waals surface area contributed by atoms with Gasteiger partial charge in [0.1, 0.15) is 0 Å². The summed E-state index contributed by atoms with van der Waals surface area (Å²) in [6.07, 6.45) is 0.561. The van der Waals surface area contributed by atoms with Crippen LogP contribution in [0.3, 0.4) is 0 Å². The second kappa shape index (κ2) is 4.94. The zero-order valence-electron chi connectivity index (χ0n) is 8.56. The average Bonchev–Trinajstić information content (AvgIpc) is 2.25. The molecule has 0 aliphatic heterocycles. The van der Waals surface area contributed by atoms with E-state index < -0.39 is 10.9 Å². The van der Waals surface area contributed by atoms with Gasteiger partial charge in [-0.3, -0.25) is 10.1 Å². The predicted octanol–water partition coefficient (Wildman–Crippen LogP) is 1.59. The maximum Gasteiger partial charge on any atom is 0.382 e. The van der Waals surface area contributed by atoms with Crippen LogP contribution in [0.4, 0.5) is 5.69 Å². The van der Waals surface area contributed by atoms with Gasteiger partial charge >= 0.3 is 5.97 Å². The highest BCUT2D eigenvalue weighted by molar-refractivity contribution is 5.87. The molecule has 82 valence electrons. The molecule has 0 unspecified atom stereocenters. The second-order valence-electron chi connectivity index (χ2n) is 3.01. The minimum absolute atomic E-state index is 0.0160. The van der Waals surface area contributed by atoms with E-state index in [1.807, 2.05) is 12.8 Å². The van der Waals surface area contributed by atoms with Crippen molar-refractivity contribution in [1.82, 2.24) is 0 Å². The molecule has 0 saturated heterocycles. The van der Waals surface area contributed by atoms with Gasteiger partial charge in [-0.15, -0.1) is 0 Å². The lowest BCUT2D eigenvalue weighted by Crippen LogP contribution is -1.94. The van der Waals surface area contributed by atoms with Crippen LogP contribution in [0.15, 0.2) is 18.2 Å². The van der Waals surface area contributed by atoms with Crippen LogP contribution in [0, 0.1) is 22.0 Å². The van der Waals surface area contributed by atoms with Crippen molar-refractivity contribution < 1.29 is 14.8 Å². The number of nitro benzene ring substituents is 1. The molecule has 1 N–H and O–H groups in total. The summed E-state index contributed by atoms with van der Waals surface area (Å²) < 4.78 is 0. The van der Waals surface area contributed by atoms with Crippen LogP contribution in [0.2, 0.25) is 0 Å². The number of carboxylic acid groups (broad SMARTS) is 1. The van der Waals surface area contributed by atoms with Crippen LogP contribution in [0.5, 0.6) is 0 Å². The van der Waals surface area contributed by atoms with Crippen LogP contribution in [0.25, 0.3) is 0 Å². The highest BCUT2D eigenvalue weighted by atomic mass is 16.6. The van der Waals surface area contributed by atoms with E-state index in [2.05, 4.69) is 5.92 Å². The van der Waals surface area contributed by atoms with Crippen molar-refractivity contribution in [3.05, 3.63) is 39.4 Å². The Morgan fingerprint density at radius 3 is 2.75 bits per heavy atom. The number of rotatable bonds is 2. The Labute approximate surface area is 91.9 Å². The third kappa shape index (κ3) is 2.82. The number of aryl methyl sites for hydroxylation is 1. The van der Waals surface area contributed by atoms with Crippen LogP contribution >= 0.6 is 0 Å². The monoisotopic (exact) mass is 219 g/mol. The summed E-state index contributed by atoms with van der Waals surface area (Å²) in [6, 6.07) is 4.18. The van der Waals surface area contributed by atoms with Gasteiger partial charge in [0.15, 0.2) is 0 Å². The van der Waals surface area contributed by atoms with Crippen molar-refractivity contribution in [3.63, 3.8) is 0 Å². The number of hydrogen-bond donors (Lipinski definition) is 1. The number of nitro groups is 1. The normalized spacial score (nSPS) is 9.06. The fourth-order valence-corrected chi connectivity index (χ4v) is 1.23. The Morgan fingerprint density at radius 2 is 2.25 bits per heavy atom. The molecule has 5 heteroatoms. The highest BCUT2D eigenvalue weighted by Crippen LogP contribution is 2.17. The Morgan fingerprint density at radius 1 is 1.56 bits per heavy atom. The van der Waals surface area contributed by atoms with Crippen molar-refractivity contribution in [2.75, 3.05) is 0 Å². The third-order valence-corrected chi connectivity index (χ3v) is 1.98. The first-order chi connectivity index (χ1) is 7.54. The number of carboxylic acids is 1. The lowest BCUT2D eigenvalue weighted by atomic mass is 10.0. The zero-order valence-corrected chi connectivity index (χ0v) is 8.56. The summed E-state index contributed by atoms with van der Waals surface area (Å²) in [4.78, 5) is 20.3. The van der Waals surface area contributed by atoms with Gasteiger partial charge in [0.2, 0.25) is 0 Å². The van der Waals surface area contributed by atoms with Crippen molar-refractivity contribution in [1.29, 1.82) is 0 Å². The Kier molecular flexibility index (Phi) is 3.62. The molecule has 1 rings (SSSR count). The maximum atomic E-state index is 10.5. The van der Waals surface area contributed by atoms with Gasteiger partial charge in [-0.05, 0) is 18.1 Å². The fraction of sp³-hybridized carbons (Fsp3) is 0.182. The average molecular weight is 219 g/mol. The topological polar surface area (TPSA) is 80.4 Å². The van der Waals surface area contributed by atoms with E-state index in [0.29, 0.717) is 17.5 Å². The molecule has 0 atom stereocenters. The molecule has 0 aliphatic carbocycles. The molecule has 0 bridgehead atoms. The second-order valence-corrected chi connectivity index (χ2v) is 3.01. The highest BCUT2D eigenvalue weighted by Gasteiger charge is 2.08. The van der Waals surface area contributed by atoms with Gasteiger partial charge < -0.3 is 5.11 Å². The number of hydrogen-bond acceptors (Lipinski definition) is 3. The molecule has 0 aromatic heterocycles. The number of carbonyl (C=O) groups is 1. The van der Waals surface area contributed by atoms with E-state index in [-0.39, 0.29) is 5.69 Å². The van der Waals surface area contributed by atoms with E-state index >= 15 is 0 Å². The molecule has 5 nitrogen and oxygen atoms in total. The molecule has 0 heterocycles. The Hall–Kier alpha value is -2.35. The van der Waals surface area contributed by atoms with Crippen molar-refractivity contribution >= 4 is 11.7 Å². The van der Waals surface area contributed by atoms with E-state index in [1.165, 1.54) is 18.2 Å². The quantitative estimate of drug-likeness (QED) is 0.465. The Balaban J connectivity index is 3.18. The number of aliphatic carboxylic acids is 1. The molecule has 0 spiro atoms. The lowest BCUT2D eigenvalue weighted by Gasteiger charge is -2.00. The van der Waals surface area contributed by atoms with Crippen LogP contribution in [0.1, 0.15) is 18.1 Å². The predicted molar refractivity (Wildman–Crippen MR) is 57.0 cm³/mol. The molecule has 0 amide bonds. The SMILES string of the molecule is CCc1cc([N+](=O)[O-])ccc1C#CC(=O)O. The van der Waals surface area contributed by atoms with E-state index in [0.717, 1.165) is 0 Å². The molecule has 1 aromatic rings. The molecule has 0 radical (unpaired) electrons. The largest absolute Gasteiger partial charge is 0.472 e. The molecule has 16 heavy (non-hydrogen) atoms. The first-order valence-electron chi connectivity index (χ1n) is 4.57. The summed E-state index contributed by atoms with van der Waals surface area (Å²) in [7, 11) is 0. The van der Waals surface area contributed by atoms with Gasteiger partial charge in [0.05, 0.1) is 4.92 Å². The van der Waals surface area contributed by atoms with Gasteiger partial charge in [0, 0.05) is 23.6 Å². The molecule has 1 aromatic carbocycles. The number of non-ortho nitro benzene ring substituents is 1. The summed E-state index contributed by atoms with van der Waals surface area (Å²) >= 11 is 0. The maximum absolute atomic E-state index is 10.5. The molecule has 0 fully saturated rings. The minimum atomic E-state index is -1.22. The zero-order chi connectivity index (χ0) is 12.1. The van der Waals surface area contributed by atoms with Gasteiger partial charge in [-0.1, -0.05) is 12.8 Å². The lowest BCUT2D eigenvalue weighted by molar-refractivity contribution is -0.384. The van der Waals surface area contributed by atoms with Crippen LogP contribution in [-0.4, -0.2) is 16.0 Å². The first kappa shape index (κ1) is 11.7. The molecule has 0 saturated carbocycles. The minimum Gasteiger partial charge on any atom is -0.472 e. The first-order valence-corrected chi connectivity index (χ1v) is 4.57. The third-order valence-electron chi connectivity index (χ3n) is 1.98. The van der Waals surface area contributed by atoms with E-state index in [4.69, 9.17) is 5.11 Å². The standard InChI is InChI=1S/C11H9NO4/c1-2-8-7-10(12(15)16)5-3-9(8)4-6-11(13)14/h3,5,7H,2H2,1H3,(H,13,14). The number of benzene rings is 1. The fourth-order valence-electron chi connectivity index (χ4n) is 1.23. The van der Waals surface area contributed by atoms with Gasteiger partial charge in [-0.2, -0.15) is 0 Å². The Bertz CT molecular complexity index is 496. The smallest absolute Gasteiger partial charge is 0.382 e. The van der Waals surface area contributed by atoms with E-state index in [9.17, 15) is 14.9 Å². The van der Waals surface area contributed by atoms with Crippen molar-refractivity contribution in [2.45, 2.75) is 13.3 Å². The molecular weight excluding hydrogens is 210 g/mol. The summed E-state index contributed by atoms with van der Waals surface area (Å²) in [5, 5.41) is 18.9. The summed E-state index contributed by atoms with van der Waals surface area (Å²) in [5.41, 5.74) is 1.16. The summed E-state index contributed by atoms with van der Waals surface area (Å²) in [6.45, 7) is 1.82. The van der Waals surface area contributed by atoms with Gasteiger partial charge in [-0.25, -0.2) is 4.79 Å². The van der Waals surface area contributed by atoms with Gasteiger partial charge in [0.25, 0.3) is 5.69 Å². The number of nitrogens with zero attached hydrogens (tertiary/aromatic N) is 1. The van der Waals surface area contributed by atoms with E-state index in [1.54, 1.807) is 0 Å². The molecular formula is C11H9NO4. The van der Waals surface area contributed by atoms with Crippen molar-refractivity contribution in [2.24, 2.45) is 0 Å². The van der Waals surface area contributed by atoms with Crippen molar-refractivity contribution in [3.8, 4) is 11.8 Å². The molecule has 0 aliphatic rings.